The third-order valence-electron chi connectivity index (χ3n) is 4.12. The van der Waals surface area contributed by atoms with Gasteiger partial charge in [-0.15, -0.1) is 0 Å². The fourth-order valence-corrected chi connectivity index (χ4v) is 3.01. The number of nitrogens with zero attached hydrogens (tertiary/aromatic N) is 4. The van der Waals surface area contributed by atoms with E-state index in [-0.39, 0.29) is 18.5 Å². The standard InChI is InChI=1S/C15H10BrF3N4/c16-12-3-1-2-9(21-12)10-8-20-13-5-4-11(22-23(10)13)14(6-7-14)15(17,18)19/h1-5,8H,6-7H2. The van der Waals surface area contributed by atoms with E-state index in [1.54, 1.807) is 30.5 Å². The number of imidazole rings is 1. The van der Waals surface area contributed by atoms with Crippen molar-refractivity contribution in [1.82, 2.24) is 19.6 Å². The molecule has 0 saturated heterocycles. The van der Waals surface area contributed by atoms with Crippen molar-refractivity contribution in [3.8, 4) is 11.4 Å². The van der Waals surface area contributed by atoms with Crippen LogP contribution in [-0.4, -0.2) is 25.8 Å². The van der Waals surface area contributed by atoms with E-state index in [2.05, 4.69) is 31.0 Å². The summed E-state index contributed by atoms with van der Waals surface area (Å²) in [7, 11) is 0. The van der Waals surface area contributed by atoms with Crippen molar-refractivity contribution in [2.45, 2.75) is 24.4 Å². The van der Waals surface area contributed by atoms with E-state index in [1.807, 2.05) is 0 Å². The van der Waals surface area contributed by atoms with E-state index < -0.39 is 11.6 Å². The first-order valence-electron chi connectivity index (χ1n) is 6.96. The van der Waals surface area contributed by atoms with Gasteiger partial charge in [-0.1, -0.05) is 6.07 Å². The molecule has 3 aromatic heterocycles. The molecule has 1 aliphatic rings. The number of aromatic nitrogens is 4. The van der Waals surface area contributed by atoms with Gasteiger partial charge in [-0.2, -0.15) is 18.3 Å². The second kappa shape index (κ2) is 4.77. The van der Waals surface area contributed by atoms with Crippen LogP contribution in [0.5, 0.6) is 0 Å². The smallest absolute Gasteiger partial charge is 0.239 e. The van der Waals surface area contributed by atoms with E-state index in [0.29, 0.717) is 21.6 Å². The van der Waals surface area contributed by atoms with E-state index in [1.165, 1.54) is 10.6 Å². The molecule has 1 fully saturated rings. The van der Waals surface area contributed by atoms with Crippen LogP contribution in [0, 0.1) is 0 Å². The molecule has 3 heterocycles. The fourth-order valence-electron chi connectivity index (χ4n) is 2.66. The zero-order chi connectivity index (χ0) is 16.2. The SMILES string of the molecule is FC(F)(F)C1(c2ccc3ncc(-c4cccc(Br)n4)n3n2)CC1. The average molecular weight is 383 g/mol. The summed E-state index contributed by atoms with van der Waals surface area (Å²) in [6.45, 7) is 0. The van der Waals surface area contributed by atoms with Gasteiger partial charge in [-0.25, -0.2) is 14.5 Å². The van der Waals surface area contributed by atoms with Gasteiger partial charge in [0, 0.05) is 0 Å². The summed E-state index contributed by atoms with van der Waals surface area (Å²) in [5, 5.41) is 4.22. The van der Waals surface area contributed by atoms with Crippen LogP contribution in [0.1, 0.15) is 18.5 Å². The number of hydrogen-bond donors (Lipinski definition) is 0. The molecule has 0 aliphatic heterocycles. The maximum atomic E-state index is 13.3. The van der Waals surface area contributed by atoms with Crippen molar-refractivity contribution in [3.63, 3.8) is 0 Å². The first-order chi connectivity index (χ1) is 10.9. The number of fused-ring (bicyclic) bond motifs is 1. The number of pyridine rings is 1. The molecule has 0 N–H and O–H groups in total. The molecule has 0 amide bonds. The lowest BCUT2D eigenvalue weighted by molar-refractivity contribution is -0.161. The number of halogens is 4. The Kier molecular flexibility index (Phi) is 3.03. The maximum absolute atomic E-state index is 13.3. The summed E-state index contributed by atoms with van der Waals surface area (Å²) in [5.41, 5.74) is -0.141. The van der Waals surface area contributed by atoms with Gasteiger partial charge in [-0.3, -0.25) is 0 Å². The fraction of sp³-hybridized carbons (Fsp3) is 0.267. The molecule has 1 aliphatic carbocycles. The normalized spacial score (nSPS) is 16.7. The Hall–Kier alpha value is -1.96. The molecule has 0 radical (unpaired) electrons. The minimum absolute atomic E-state index is 0.0340. The third-order valence-corrected chi connectivity index (χ3v) is 4.56. The average Bonchev–Trinajstić information content (AvgIpc) is 3.22. The Bertz CT molecular complexity index is 899. The molecule has 4 rings (SSSR count). The highest BCUT2D eigenvalue weighted by Gasteiger charge is 2.65. The molecule has 4 nitrogen and oxygen atoms in total. The molecule has 1 saturated carbocycles. The molecule has 0 spiro atoms. The summed E-state index contributed by atoms with van der Waals surface area (Å²) in [4.78, 5) is 8.51. The quantitative estimate of drug-likeness (QED) is 0.625. The van der Waals surface area contributed by atoms with Crippen LogP contribution in [0.15, 0.2) is 41.1 Å². The van der Waals surface area contributed by atoms with Gasteiger partial charge in [0.15, 0.2) is 5.65 Å². The molecule has 0 bridgehead atoms. The van der Waals surface area contributed by atoms with E-state index >= 15 is 0 Å². The Labute approximate surface area is 137 Å². The van der Waals surface area contributed by atoms with Crippen LogP contribution in [0.4, 0.5) is 13.2 Å². The number of rotatable bonds is 2. The highest BCUT2D eigenvalue weighted by molar-refractivity contribution is 9.10. The number of hydrogen-bond acceptors (Lipinski definition) is 3. The van der Waals surface area contributed by atoms with Crippen molar-refractivity contribution in [1.29, 1.82) is 0 Å². The minimum atomic E-state index is -4.29. The topological polar surface area (TPSA) is 43.1 Å². The first kappa shape index (κ1) is 14.6. The summed E-state index contributed by atoms with van der Waals surface area (Å²) < 4.78 is 42.0. The zero-order valence-corrected chi connectivity index (χ0v) is 13.3. The van der Waals surface area contributed by atoms with Gasteiger partial charge in [0.25, 0.3) is 0 Å². The van der Waals surface area contributed by atoms with Gasteiger partial charge in [0.2, 0.25) is 0 Å². The Morgan fingerprint density at radius 2 is 1.91 bits per heavy atom. The molecule has 23 heavy (non-hydrogen) atoms. The molecular weight excluding hydrogens is 373 g/mol. The van der Waals surface area contributed by atoms with Crippen molar-refractivity contribution in [2.75, 3.05) is 0 Å². The molecule has 8 heteroatoms. The monoisotopic (exact) mass is 382 g/mol. The molecule has 0 unspecified atom stereocenters. The highest BCUT2D eigenvalue weighted by Crippen LogP contribution is 2.58. The highest BCUT2D eigenvalue weighted by atomic mass is 79.9. The lowest BCUT2D eigenvalue weighted by atomic mass is 10.0. The second-order valence-electron chi connectivity index (χ2n) is 5.56. The predicted octanol–water partition coefficient (Wildman–Crippen LogP) is 4.15. The van der Waals surface area contributed by atoms with E-state index in [0.717, 1.165) is 0 Å². The van der Waals surface area contributed by atoms with Crippen LogP contribution in [0.3, 0.4) is 0 Å². The van der Waals surface area contributed by atoms with Crippen molar-refractivity contribution in [3.05, 3.63) is 46.8 Å². The van der Waals surface area contributed by atoms with Crippen LogP contribution in [-0.2, 0) is 5.41 Å². The Balaban J connectivity index is 1.88. The summed E-state index contributed by atoms with van der Waals surface area (Å²) in [5.74, 6) is 0. The van der Waals surface area contributed by atoms with E-state index in [4.69, 9.17) is 0 Å². The predicted molar refractivity (Wildman–Crippen MR) is 80.9 cm³/mol. The van der Waals surface area contributed by atoms with E-state index in [9.17, 15) is 13.2 Å². The third kappa shape index (κ3) is 2.23. The molecule has 0 atom stereocenters. The van der Waals surface area contributed by atoms with Crippen LogP contribution >= 0.6 is 15.9 Å². The van der Waals surface area contributed by atoms with Gasteiger partial charge >= 0.3 is 6.18 Å². The van der Waals surface area contributed by atoms with Gasteiger partial charge in [-0.05, 0) is 53.0 Å². The summed E-state index contributed by atoms with van der Waals surface area (Å²) >= 11 is 3.28. The van der Waals surface area contributed by atoms with Crippen molar-refractivity contribution >= 4 is 21.6 Å². The summed E-state index contributed by atoms with van der Waals surface area (Å²) in [6.07, 6.45) is -2.57. The van der Waals surface area contributed by atoms with Crippen molar-refractivity contribution < 1.29 is 13.2 Å². The zero-order valence-electron chi connectivity index (χ0n) is 11.7. The molecule has 118 valence electrons. The minimum Gasteiger partial charge on any atom is -0.239 e. The molecule has 3 aromatic rings. The van der Waals surface area contributed by atoms with Crippen LogP contribution in [0.2, 0.25) is 0 Å². The van der Waals surface area contributed by atoms with Crippen molar-refractivity contribution in [2.24, 2.45) is 0 Å². The maximum Gasteiger partial charge on any atom is 0.400 e. The second-order valence-corrected chi connectivity index (χ2v) is 6.37. The first-order valence-corrected chi connectivity index (χ1v) is 7.75. The molecule has 0 aromatic carbocycles. The van der Waals surface area contributed by atoms with Gasteiger partial charge < -0.3 is 0 Å². The summed E-state index contributed by atoms with van der Waals surface area (Å²) in [6, 6.07) is 8.32. The van der Waals surface area contributed by atoms with Crippen LogP contribution < -0.4 is 0 Å². The largest absolute Gasteiger partial charge is 0.400 e. The number of alkyl halides is 3. The lowest BCUT2D eigenvalue weighted by Crippen LogP contribution is -2.30. The Morgan fingerprint density at radius 1 is 1.13 bits per heavy atom. The van der Waals surface area contributed by atoms with Crippen LogP contribution in [0.25, 0.3) is 17.0 Å². The van der Waals surface area contributed by atoms with Gasteiger partial charge in [0.05, 0.1) is 17.6 Å². The molecular formula is C15H10BrF3N4. The van der Waals surface area contributed by atoms with Gasteiger partial charge in [0.1, 0.15) is 15.7 Å². The lowest BCUT2D eigenvalue weighted by Gasteiger charge is -2.18. The Morgan fingerprint density at radius 3 is 2.57 bits per heavy atom.